The number of likely N-dealkylation sites (N-methyl/N-ethyl adjacent to an activating group) is 1. The molecular weight excluding hydrogens is 334 g/mol. The van der Waals surface area contributed by atoms with Crippen molar-refractivity contribution in [1.29, 1.82) is 0 Å². The Morgan fingerprint density at radius 3 is 2.07 bits per heavy atom. The Labute approximate surface area is 161 Å². The van der Waals surface area contributed by atoms with Crippen LogP contribution in [0.25, 0.3) is 0 Å². The number of rotatable bonds is 8. The molecule has 0 amide bonds. The summed E-state index contributed by atoms with van der Waals surface area (Å²) in [6.07, 6.45) is 1.88. The third-order valence-electron chi connectivity index (χ3n) is 4.34. The van der Waals surface area contributed by atoms with Gasteiger partial charge in [0.15, 0.2) is 0 Å². The SMILES string of the molecule is CN(CCO)c1ccc(C=NN(Cc2ccccc2)c2ccccc2)cc1. The molecule has 0 unspecified atom stereocenters. The average molecular weight is 359 g/mol. The fourth-order valence-electron chi connectivity index (χ4n) is 2.79. The van der Waals surface area contributed by atoms with Gasteiger partial charge in [-0.15, -0.1) is 0 Å². The zero-order valence-corrected chi connectivity index (χ0v) is 15.6. The number of hydrazone groups is 1. The minimum Gasteiger partial charge on any atom is -0.395 e. The molecule has 27 heavy (non-hydrogen) atoms. The largest absolute Gasteiger partial charge is 0.395 e. The zero-order valence-electron chi connectivity index (χ0n) is 15.6. The van der Waals surface area contributed by atoms with Gasteiger partial charge in [-0.2, -0.15) is 5.10 Å². The summed E-state index contributed by atoms with van der Waals surface area (Å²) in [7, 11) is 1.97. The van der Waals surface area contributed by atoms with Crippen molar-refractivity contribution in [2.24, 2.45) is 5.10 Å². The van der Waals surface area contributed by atoms with Gasteiger partial charge in [-0.1, -0.05) is 60.7 Å². The van der Waals surface area contributed by atoms with E-state index in [1.807, 2.05) is 83.8 Å². The van der Waals surface area contributed by atoms with Crippen LogP contribution in [0, 0.1) is 0 Å². The number of para-hydroxylation sites is 1. The fourth-order valence-corrected chi connectivity index (χ4v) is 2.79. The van der Waals surface area contributed by atoms with Crippen LogP contribution in [-0.4, -0.2) is 31.5 Å². The third kappa shape index (κ3) is 5.43. The lowest BCUT2D eigenvalue weighted by atomic mass is 10.2. The Bertz CT molecular complexity index is 833. The van der Waals surface area contributed by atoms with E-state index < -0.39 is 0 Å². The molecule has 0 aromatic heterocycles. The molecule has 4 nitrogen and oxygen atoms in total. The summed E-state index contributed by atoms with van der Waals surface area (Å²) in [6.45, 7) is 1.47. The van der Waals surface area contributed by atoms with Crippen LogP contribution in [0.1, 0.15) is 11.1 Å². The lowest BCUT2D eigenvalue weighted by Gasteiger charge is -2.19. The second-order valence-electron chi connectivity index (χ2n) is 6.36. The van der Waals surface area contributed by atoms with E-state index in [4.69, 9.17) is 10.2 Å². The first kappa shape index (κ1) is 18.7. The van der Waals surface area contributed by atoms with Gasteiger partial charge in [-0.25, -0.2) is 0 Å². The van der Waals surface area contributed by atoms with Crippen LogP contribution in [0.3, 0.4) is 0 Å². The first-order valence-electron chi connectivity index (χ1n) is 9.09. The molecule has 3 aromatic rings. The van der Waals surface area contributed by atoms with Gasteiger partial charge in [0.1, 0.15) is 0 Å². The maximum Gasteiger partial charge on any atom is 0.0666 e. The molecule has 0 aliphatic heterocycles. The van der Waals surface area contributed by atoms with E-state index in [0.717, 1.165) is 16.9 Å². The summed E-state index contributed by atoms with van der Waals surface area (Å²) in [5.74, 6) is 0. The maximum absolute atomic E-state index is 9.06. The summed E-state index contributed by atoms with van der Waals surface area (Å²) in [5, 5.41) is 15.8. The van der Waals surface area contributed by atoms with Gasteiger partial charge < -0.3 is 10.0 Å². The van der Waals surface area contributed by atoms with E-state index >= 15 is 0 Å². The van der Waals surface area contributed by atoms with Crippen LogP contribution in [0.5, 0.6) is 0 Å². The van der Waals surface area contributed by atoms with Crippen molar-refractivity contribution < 1.29 is 5.11 Å². The van der Waals surface area contributed by atoms with Crippen molar-refractivity contribution in [3.8, 4) is 0 Å². The van der Waals surface area contributed by atoms with Crippen LogP contribution in [0.15, 0.2) is 90.0 Å². The van der Waals surface area contributed by atoms with Gasteiger partial charge in [-0.3, -0.25) is 5.01 Å². The molecule has 0 saturated heterocycles. The second-order valence-corrected chi connectivity index (χ2v) is 6.36. The van der Waals surface area contributed by atoms with Gasteiger partial charge in [0, 0.05) is 19.3 Å². The molecule has 0 fully saturated rings. The summed E-state index contributed by atoms with van der Waals surface area (Å²) >= 11 is 0. The van der Waals surface area contributed by atoms with Gasteiger partial charge in [-0.05, 0) is 35.4 Å². The summed E-state index contributed by atoms with van der Waals surface area (Å²) < 4.78 is 0. The van der Waals surface area contributed by atoms with Gasteiger partial charge in [0.05, 0.1) is 25.1 Å². The first-order chi connectivity index (χ1) is 13.3. The lowest BCUT2D eigenvalue weighted by Crippen LogP contribution is -2.20. The summed E-state index contributed by atoms with van der Waals surface area (Å²) in [4.78, 5) is 2.02. The van der Waals surface area contributed by atoms with Crippen molar-refractivity contribution in [3.63, 3.8) is 0 Å². The number of hydrogen-bond acceptors (Lipinski definition) is 4. The number of aliphatic hydroxyl groups excluding tert-OH is 1. The Hall–Kier alpha value is -3.11. The molecular formula is C23H25N3O. The molecule has 0 atom stereocenters. The van der Waals surface area contributed by atoms with Crippen LogP contribution < -0.4 is 9.91 Å². The quantitative estimate of drug-likeness (QED) is 0.485. The molecule has 0 bridgehead atoms. The van der Waals surface area contributed by atoms with Crippen molar-refractivity contribution >= 4 is 17.6 Å². The Morgan fingerprint density at radius 2 is 1.44 bits per heavy atom. The Kier molecular flexibility index (Phi) is 6.61. The third-order valence-corrected chi connectivity index (χ3v) is 4.34. The van der Waals surface area contributed by atoms with Crippen LogP contribution in [-0.2, 0) is 6.54 Å². The van der Waals surface area contributed by atoms with E-state index in [1.54, 1.807) is 0 Å². The Morgan fingerprint density at radius 1 is 0.815 bits per heavy atom. The predicted molar refractivity (Wildman–Crippen MR) is 113 cm³/mol. The van der Waals surface area contributed by atoms with E-state index in [2.05, 4.69) is 24.3 Å². The monoisotopic (exact) mass is 359 g/mol. The normalized spacial score (nSPS) is 10.9. The standard InChI is InChI=1S/C23H25N3O/c1-25(16-17-27)22-14-12-20(13-15-22)18-24-26(23-10-6-3-7-11-23)19-21-8-4-2-5-9-21/h2-15,18,27H,16-17,19H2,1H3. The molecule has 138 valence electrons. The smallest absolute Gasteiger partial charge is 0.0666 e. The molecule has 3 aromatic carbocycles. The first-order valence-corrected chi connectivity index (χ1v) is 9.09. The minimum absolute atomic E-state index is 0.144. The molecule has 0 saturated carbocycles. The van der Waals surface area contributed by atoms with Crippen molar-refractivity contribution in [2.45, 2.75) is 6.54 Å². The molecule has 3 rings (SSSR count). The topological polar surface area (TPSA) is 39.1 Å². The van der Waals surface area contributed by atoms with Crippen LogP contribution in [0.4, 0.5) is 11.4 Å². The number of benzene rings is 3. The highest BCUT2D eigenvalue weighted by Crippen LogP contribution is 2.18. The van der Waals surface area contributed by atoms with Crippen molar-refractivity contribution in [1.82, 2.24) is 0 Å². The highest BCUT2D eigenvalue weighted by atomic mass is 16.3. The maximum atomic E-state index is 9.06. The molecule has 1 N–H and O–H groups in total. The molecule has 0 heterocycles. The Balaban J connectivity index is 1.77. The zero-order chi connectivity index (χ0) is 18.9. The van der Waals surface area contributed by atoms with E-state index in [0.29, 0.717) is 13.1 Å². The summed E-state index contributed by atoms with van der Waals surface area (Å²) in [6, 6.07) is 28.7. The van der Waals surface area contributed by atoms with E-state index in [1.165, 1.54) is 5.56 Å². The second kappa shape index (κ2) is 9.55. The predicted octanol–water partition coefficient (Wildman–Crippen LogP) is 4.16. The van der Waals surface area contributed by atoms with E-state index in [-0.39, 0.29) is 6.61 Å². The highest BCUT2D eigenvalue weighted by molar-refractivity contribution is 5.81. The van der Waals surface area contributed by atoms with Crippen molar-refractivity contribution in [3.05, 3.63) is 96.1 Å². The summed E-state index contributed by atoms with van der Waals surface area (Å²) in [5.41, 5.74) is 4.37. The van der Waals surface area contributed by atoms with Gasteiger partial charge >= 0.3 is 0 Å². The van der Waals surface area contributed by atoms with Crippen molar-refractivity contribution in [2.75, 3.05) is 30.1 Å². The van der Waals surface area contributed by atoms with Crippen LogP contribution >= 0.6 is 0 Å². The van der Waals surface area contributed by atoms with Crippen LogP contribution in [0.2, 0.25) is 0 Å². The molecule has 0 spiro atoms. The molecule has 0 radical (unpaired) electrons. The van der Waals surface area contributed by atoms with Gasteiger partial charge in [0.2, 0.25) is 0 Å². The number of hydrogen-bond donors (Lipinski definition) is 1. The van der Waals surface area contributed by atoms with Gasteiger partial charge in [0.25, 0.3) is 0 Å². The molecule has 0 aliphatic carbocycles. The fraction of sp³-hybridized carbons (Fsp3) is 0.174. The highest BCUT2D eigenvalue weighted by Gasteiger charge is 2.05. The number of nitrogens with zero attached hydrogens (tertiary/aromatic N) is 3. The number of anilines is 2. The lowest BCUT2D eigenvalue weighted by molar-refractivity contribution is 0.304. The average Bonchev–Trinajstić information content (AvgIpc) is 2.73. The number of aliphatic hydroxyl groups is 1. The molecule has 0 aliphatic rings. The minimum atomic E-state index is 0.144. The van der Waals surface area contributed by atoms with E-state index in [9.17, 15) is 0 Å². The molecule has 4 heteroatoms.